The minimum Gasteiger partial charge on any atom is -0.468 e. The Kier molecular flexibility index (Phi) is 10.4. The fraction of sp³-hybridized carbons (Fsp3) is 0.560. The van der Waals surface area contributed by atoms with Crippen LogP contribution in [0.25, 0.3) is 0 Å². The van der Waals surface area contributed by atoms with E-state index in [0.29, 0.717) is 5.56 Å². The average Bonchev–Trinajstić information content (AvgIpc) is 2.71. The van der Waals surface area contributed by atoms with E-state index in [2.05, 4.69) is 15.4 Å². The summed E-state index contributed by atoms with van der Waals surface area (Å²) in [7, 11) is 1.19. The zero-order chi connectivity index (χ0) is 27.8. The van der Waals surface area contributed by atoms with Gasteiger partial charge >= 0.3 is 12.1 Å². The Morgan fingerprint density at radius 1 is 1.06 bits per heavy atom. The van der Waals surface area contributed by atoms with Gasteiger partial charge in [0.1, 0.15) is 24.2 Å². The van der Waals surface area contributed by atoms with Crippen LogP contribution >= 0.6 is 0 Å². The molecule has 0 saturated heterocycles. The Bertz CT molecular complexity index is 979. The van der Waals surface area contributed by atoms with E-state index in [1.807, 2.05) is 13.0 Å². The number of primary amides is 1. The molecule has 4 N–H and O–H groups in total. The summed E-state index contributed by atoms with van der Waals surface area (Å²) in [6, 6.07) is 4.35. The number of aryl methyl sites for hydroxylation is 1. The molecule has 0 aliphatic carbocycles. The van der Waals surface area contributed by atoms with Crippen molar-refractivity contribution >= 4 is 29.8 Å². The first-order valence-electron chi connectivity index (χ1n) is 11.5. The maximum atomic E-state index is 13.9. The molecule has 0 saturated carbocycles. The maximum absolute atomic E-state index is 13.9. The van der Waals surface area contributed by atoms with Gasteiger partial charge in [0.2, 0.25) is 17.7 Å². The molecule has 0 spiro atoms. The van der Waals surface area contributed by atoms with Gasteiger partial charge in [0.05, 0.1) is 13.5 Å². The number of hydrogen-bond donors (Lipinski definition) is 3. The van der Waals surface area contributed by atoms with Crippen LogP contribution < -0.4 is 16.4 Å². The Morgan fingerprint density at radius 3 is 2.14 bits per heavy atom. The van der Waals surface area contributed by atoms with Gasteiger partial charge in [0.15, 0.2) is 0 Å². The van der Waals surface area contributed by atoms with Crippen LogP contribution in [0, 0.1) is 6.92 Å². The highest BCUT2D eigenvalue weighted by Crippen LogP contribution is 2.31. The van der Waals surface area contributed by atoms with Gasteiger partial charge in [-0.05, 0) is 54.0 Å². The van der Waals surface area contributed by atoms with Crippen molar-refractivity contribution in [1.82, 2.24) is 15.5 Å². The molecule has 36 heavy (non-hydrogen) atoms. The normalized spacial score (nSPS) is 13.1. The van der Waals surface area contributed by atoms with E-state index in [0.717, 1.165) is 5.56 Å². The van der Waals surface area contributed by atoms with Crippen molar-refractivity contribution in [2.24, 2.45) is 5.73 Å². The molecule has 0 fully saturated rings. The van der Waals surface area contributed by atoms with Gasteiger partial charge in [-0.3, -0.25) is 19.2 Å². The van der Waals surface area contributed by atoms with Crippen LogP contribution in [0.2, 0.25) is 0 Å². The van der Waals surface area contributed by atoms with E-state index in [1.165, 1.54) is 12.0 Å². The highest BCUT2D eigenvalue weighted by atomic mass is 16.6. The van der Waals surface area contributed by atoms with Gasteiger partial charge in [0, 0.05) is 5.54 Å². The molecule has 11 heteroatoms. The Balaban J connectivity index is 3.56. The first-order valence-corrected chi connectivity index (χ1v) is 11.5. The predicted octanol–water partition coefficient (Wildman–Crippen LogP) is 1.72. The van der Waals surface area contributed by atoms with Crippen molar-refractivity contribution < 1.29 is 33.4 Å². The Labute approximate surface area is 212 Å². The predicted molar refractivity (Wildman–Crippen MR) is 133 cm³/mol. The van der Waals surface area contributed by atoms with Crippen molar-refractivity contribution in [3.8, 4) is 0 Å². The van der Waals surface area contributed by atoms with Gasteiger partial charge in [-0.2, -0.15) is 0 Å². The number of benzene rings is 1. The molecule has 11 nitrogen and oxygen atoms in total. The topological polar surface area (TPSA) is 157 Å². The molecule has 0 bridgehead atoms. The van der Waals surface area contributed by atoms with Crippen molar-refractivity contribution in [3.63, 3.8) is 0 Å². The van der Waals surface area contributed by atoms with E-state index < -0.39 is 66.0 Å². The number of esters is 1. The summed E-state index contributed by atoms with van der Waals surface area (Å²) >= 11 is 0. The third-order valence-corrected chi connectivity index (χ3v) is 4.85. The molecule has 1 rings (SSSR count). The maximum Gasteiger partial charge on any atom is 0.408 e. The zero-order valence-corrected chi connectivity index (χ0v) is 22.3. The van der Waals surface area contributed by atoms with Crippen LogP contribution in [0.15, 0.2) is 24.3 Å². The molecule has 1 aromatic carbocycles. The highest BCUT2D eigenvalue weighted by molar-refractivity contribution is 5.95. The molecular weight excluding hydrogens is 468 g/mol. The van der Waals surface area contributed by atoms with Crippen molar-refractivity contribution in [2.45, 2.75) is 78.1 Å². The fourth-order valence-electron chi connectivity index (χ4n) is 3.45. The number of methoxy groups -OCH3 is 1. The summed E-state index contributed by atoms with van der Waals surface area (Å²) in [5.41, 5.74) is 4.85. The van der Waals surface area contributed by atoms with Crippen molar-refractivity contribution in [1.29, 1.82) is 0 Å². The molecule has 0 aliphatic rings. The SMILES string of the molecule is COC(=O)CNC(=O)C(c1cccc(C)c1)N(C(=O)C(CC(N)=O)NC(=O)OC(C)(C)C)C(C)(C)C. The quantitative estimate of drug-likeness (QED) is 0.430. The molecule has 0 heterocycles. The molecule has 2 atom stereocenters. The standard InChI is InChI=1S/C25H38N4O7/c1-15-10-9-11-16(12-15)20(21(32)27-14-19(31)35-8)29(24(2,3)4)22(33)17(13-18(26)30)28-23(34)36-25(5,6)7/h9-12,17,20H,13-14H2,1-8H3,(H2,26,30)(H,27,32)(H,28,34). The zero-order valence-electron chi connectivity index (χ0n) is 22.3. The Morgan fingerprint density at radius 2 is 1.67 bits per heavy atom. The van der Waals surface area contributed by atoms with Crippen LogP contribution in [-0.4, -0.2) is 65.5 Å². The van der Waals surface area contributed by atoms with Gasteiger partial charge < -0.3 is 30.7 Å². The third kappa shape index (κ3) is 9.55. The van der Waals surface area contributed by atoms with Gasteiger partial charge in [-0.1, -0.05) is 29.8 Å². The molecule has 200 valence electrons. The number of nitrogens with one attached hydrogen (secondary N) is 2. The minimum absolute atomic E-state index is 0.412. The number of nitrogens with two attached hydrogens (primary N) is 1. The second-order valence-electron chi connectivity index (χ2n) is 10.4. The fourth-order valence-corrected chi connectivity index (χ4v) is 3.45. The second-order valence-corrected chi connectivity index (χ2v) is 10.4. The van der Waals surface area contributed by atoms with Crippen LogP contribution in [0.3, 0.4) is 0 Å². The minimum atomic E-state index is -1.41. The van der Waals surface area contributed by atoms with Crippen molar-refractivity contribution in [3.05, 3.63) is 35.4 Å². The van der Waals surface area contributed by atoms with E-state index in [9.17, 15) is 24.0 Å². The summed E-state index contributed by atoms with van der Waals surface area (Å²) in [5, 5.41) is 4.91. The van der Waals surface area contributed by atoms with E-state index in [-0.39, 0.29) is 0 Å². The third-order valence-electron chi connectivity index (χ3n) is 4.85. The summed E-state index contributed by atoms with van der Waals surface area (Å²) in [6.07, 6.45) is -1.44. The van der Waals surface area contributed by atoms with Crippen LogP contribution in [0.4, 0.5) is 4.79 Å². The molecule has 2 unspecified atom stereocenters. The lowest BCUT2D eigenvalue weighted by Crippen LogP contribution is -2.59. The monoisotopic (exact) mass is 506 g/mol. The number of amides is 4. The lowest BCUT2D eigenvalue weighted by atomic mass is 9.94. The lowest BCUT2D eigenvalue weighted by Gasteiger charge is -2.43. The average molecular weight is 507 g/mol. The molecule has 4 amide bonds. The van der Waals surface area contributed by atoms with Crippen molar-refractivity contribution in [2.75, 3.05) is 13.7 Å². The van der Waals surface area contributed by atoms with Crippen LogP contribution in [0.5, 0.6) is 0 Å². The number of nitrogens with zero attached hydrogens (tertiary/aromatic N) is 1. The number of hydrogen-bond acceptors (Lipinski definition) is 7. The van der Waals surface area contributed by atoms with Gasteiger partial charge in [0.25, 0.3) is 0 Å². The molecule has 1 aromatic rings. The number of rotatable bonds is 9. The number of alkyl carbamates (subject to hydrolysis) is 1. The smallest absolute Gasteiger partial charge is 0.408 e. The van der Waals surface area contributed by atoms with E-state index in [1.54, 1.807) is 59.7 Å². The largest absolute Gasteiger partial charge is 0.468 e. The molecule has 0 radical (unpaired) electrons. The number of ether oxygens (including phenoxy) is 2. The Hall–Kier alpha value is -3.63. The summed E-state index contributed by atoms with van der Waals surface area (Å²) in [4.78, 5) is 64.5. The first-order chi connectivity index (χ1) is 16.5. The second kappa shape index (κ2) is 12.4. The van der Waals surface area contributed by atoms with E-state index in [4.69, 9.17) is 10.5 Å². The first kappa shape index (κ1) is 30.4. The summed E-state index contributed by atoms with van der Waals surface area (Å²) in [6.45, 7) is 11.5. The molecule has 0 aliphatic heterocycles. The van der Waals surface area contributed by atoms with Crippen LogP contribution in [-0.2, 0) is 28.7 Å². The number of carbonyl (C=O) groups is 5. The van der Waals surface area contributed by atoms with Gasteiger partial charge in [-0.15, -0.1) is 0 Å². The number of carbonyl (C=O) groups excluding carboxylic acids is 5. The summed E-state index contributed by atoms with van der Waals surface area (Å²) < 4.78 is 9.85. The van der Waals surface area contributed by atoms with E-state index >= 15 is 0 Å². The molecule has 0 aromatic heterocycles. The van der Waals surface area contributed by atoms with Crippen LogP contribution in [0.1, 0.15) is 65.1 Å². The molecular formula is C25H38N4O7. The van der Waals surface area contributed by atoms with Gasteiger partial charge in [-0.25, -0.2) is 4.79 Å². The lowest BCUT2D eigenvalue weighted by molar-refractivity contribution is -0.150. The summed E-state index contributed by atoms with van der Waals surface area (Å²) in [5.74, 6) is -2.88. The highest BCUT2D eigenvalue weighted by Gasteiger charge is 2.42.